The van der Waals surface area contributed by atoms with Gasteiger partial charge in [0, 0.05) is 29.6 Å². The molecule has 1 aliphatic heterocycles. The zero-order valence-corrected chi connectivity index (χ0v) is 19.4. The van der Waals surface area contributed by atoms with Crippen molar-refractivity contribution in [3.63, 3.8) is 0 Å². The molecule has 0 aliphatic carbocycles. The van der Waals surface area contributed by atoms with Crippen LogP contribution in [0.3, 0.4) is 0 Å². The summed E-state index contributed by atoms with van der Waals surface area (Å²) in [4.78, 5) is 31.9. The van der Waals surface area contributed by atoms with Crippen LogP contribution < -0.4 is 0 Å². The highest BCUT2D eigenvalue weighted by Gasteiger charge is 2.30. The standard InChI is InChI=1S/C24H25Cl2N3O3/c1-2-32-24(31)16-7-6-12-28(14-16)23(30)15-29-21-11-4-3-10-20(21)27-22(29)13-17-18(25)8-5-9-19(17)26/h3-5,8-11,16H,2,6-7,12-15H2,1H3/t16-/m0/s1. The summed E-state index contributed by atoms with van der Waals surface area (Å²) < 4.78 is 7.09. The fourth-order valence-corrected chi connectivity index (χ4v) is 4.72. The van der Waals surface area contributed by atoms with E-state index in [1.165, 1.54) is 0 Å². The Kier molecular flexibility index (Phi) is 7.01. The minimum absolute atomic E-state index is 0.0475. The molecule has 1 aliphatic rings. The van der Waals surface area contributed by atoms with Gasteiger partial charge >= 0.3 is 5.97 Å². The van der Waals surface area contributed by atoms with Gasteiger partial charge in [-0.25, -0.2) is 4.98 Å². The average Bonchev–Trinajstić information content (AvgIpc) is 3.13. The van der Waals surface area contributed by atoms with Crippen molar-refractivity contribution in [1.29, 1.82) is 0 Å². The van der Waals surface area contributed by atoms with E-state index < -0.39 is 0 Å². The van der Waals surface area contributed by atoms with E-state index in [1.807, 2.05) is 28.8 Å². The van der Waals surface area contributed by atoms with Crippen molar-refractivity contribution in [2.24, 2.45) is 5.92 Å². The SMILES string of the molecule is CCOC(=O)[C@H]1CCCN(C(=O)Cn2c(Cc3c(Cl)cccc3Cl)nc3ccccc32)C1. The quantitative estimate of drug-likeness (QED) is 0.485. The second-order valence-electron chi connectivity index (χ2n) is 7.91. The molecule has 2 heterocycles. The van der Waals surface area contributed by atoms with E-state index in [1.54, 1.807) is 30.0 Å². The molecule has 1 aromatic heterocycles. The third-order valence-electron chi connectivity index (χ3n) is 5.82. The highest BCUT2D eigenvalue weighted by Crippen LogP contribution is 2.28. The lowest BCUT2D eigenvalue weighted by Crippen LogP contribution is -2.44. The first-order valence-corrected chi connectivity index (χ1v) is 11.5. The van der Waals surface area contributed by atoms with E-state index in [2.05, 4.69) is 0 Å². The molecule has 1 fully saturated rings. The van der Waals surface area contributed by atoms with Gasteiger partial charge in [-0.05, 0) is 49.6 Å². The Morgan fingerprint density at radius 2 is 1.88 bits per heavy atom. The molecule has 1 atom stereocenters. The molecule has 0 N–H and O–H groups in total. The van der Waals surface area contributed by atoms with Gasteiger partial charge in [0.15, 0.2) is 0 Å². The number of aromatic nitrogens is 2. The topological polar surface area (TPSA) is 64.4 Å². The first kappa shape index (κ1) is 22.6. The van der Waals surface area contributed by atoms with E-state index in [0.717, 1.165) is 29.4 Å². The molecular formula is C24H25Cl2N3O3. The Hall–Kier alpha value is -2.57. The fraction of sp³-hybridized carbons (Fsp3) is 0.375. The lowest BCUT2D eigenvalue weighted by Gasteiger charge is -2.31. The summed E-state index contributed by atoms with van der Waals surface area (Å²) in [6, 6.07) is 13.1. The van der Waals surface area contributed by atoms with Gasteiger partial charge in [-0.2, -0.15) is 0 Å². The number of ether oxygens (including phenoxy) is 1. The monoisotopic (exact) mass is 473 g/mol. The van der Waals surface area contributed by atoms with Crippen LogP contribution >= 0.6 is 23.2 Å². The number of carbonyl (C=O) groups is 2. The van der Waals surface area contributed by atoms with Crippen LogP contribution in [0.4, 0.5) is 0 Å². The summed E-state index contributed by atoms with van der Waals surface area (Å²) in [5.41, 5.74) is 2.46. The number of para-hydroxylation sites is 2. The number of piperidine rings is 1. The summed E-state index contributed by atoms with van der Waals surface area (Å²) in [6.07, 6.45) is 1.93. The Labute approximate surface area is 197 Å². The highest BCUT2D eigenvalue weighted by atomic mass is 35.5. The summed E-state index contributed by atoms with van der Waals surface area (Å²) in [5.74, 6) is 0.169. The molecular weight excluding hydrogens is 449 g/mol. The van der Waals surface area contributed by atoms with Crippen LogP contribution in [0.2, 0.25) is 10.0 Å². The molecule has 1 saturated heterocycles. The maximum Gasteiger partial charge on any atom is 0.310 e. The molecule has 8 heteroatoms. The summed E-state index contributed by atoms with van der Waals surface area (Å²) in [7, 11) is 0. The molecule has 32 heavy (non-hydrogen) atoms. The Balaban J connectivity index is 1.60. The number of imidazole rings is 1. The van der Waals surface area contributed by atoms with Crippen LogP contribution in [0.25, 0.3) is 11.0 Å². The predicted octanol–water partition coefficient (Wildman–Crippen LogP) is 4.74. The molecule has 1 amide bonds. The van der Waals surface area contributed by atoms with Gasteiger partial charge in [-0.1, -0.05) is 41.4 Å². The van der Waals surface area contributed by atoms with Gasteiger partial charge in [0.25, 0.3) is 0 Å². The molecule has 0 radical (unpaired) electrons. The summed E-state index contributed by atoms with van der Waals surface area (Å²) >= 11 is 12.8. The molecule has 0 spiro atoms. The number of hydrogen-bond donors (Lipinski definition) is 0. The average molecular weight is 474 g/mol. The summed E-state index contributed by atoms with van der Waals surface area (Å²) in [5, 5.41) is 1.13. The molecule has 0 saturated carbocycles. The van der Waals surface area contributed by atoms with Gasteiger partial charge in [0.2, 0.25) is 5.91 Å². The van der Waals surface area contributed by atoms with Crippen molar-refractivity contribution in [2.45, 2.75) is 32.7 Å². The predicted molar refractivity (Wildman–Crippen MR) is 125 cm³/mol. The maximum absolute atomic E-state index is 13.2. The van der Waals surface area contributed by atoms with Gasteiger partial charge in [0.05, 0.1) is 23.6 Å². The number of benzene rings is 2. The minimum atomic E-state index is -0.270. The van der Waals surface area contributed by atoms with Crippen molar-refractivity contribution in [3.8, 4) is 0 Å². The first-order valence-electron chi connectivity index (χ1n) is 10.8. The summed E-state index contributed by atoms with van der Waals surface area (Å²) in [6.45, 7) is 3.29. The first-order chi connectivity index (χ1) is 15.5. The normalized spacial score (nSPS) is 16.3. The van der Waals surface area contributed by atoms with E-state index in [-0.39, 0.29) is 24.3 Å². The number of likely N-dealkylation sites (tertiary alicyclic amines) is 1. The van der Waals surface area contributed by atoms with Crippen LogP contribution in [0, 0.1) is 5.92 Å². The second-order valence-corrected chi connectivity index (χ2v) is 8.73. The Morgan fingerprint density at radius 1 is 1.12 bits per heavy atom. The number of esters is 1. The molecule has 3 aromatic rings. The maximum atomic E-state index is 13.2. The second kappa shape index (κ2) is 9.92. The third kappa shape index (κ3) is 4.76. The van der Waals surface area contributed by atoms with Gasteiger partial charge in [0.1, 0.15) is 12.4 Å². The van der Waals surface area contributed by atoms with Crippen LogP contribution in [0.5, 0.6) is 0 Å². The number of fused-ring (bicyclic) bond motifs is 1. The lowest BCUT2D eigenvalue weighted by atomic mass is 9.98. The van der Waals surface area contributed by atoms with Crippen molar-refractivity contribution >= 4 is 46.1 Å². The minimum Gasteiger partial charge on any atom is -0.466 e. The van der Waals surface area contributed by atoms with Crippen molar-refractivity contribution in [1.82, 2.24) is 14.5 Å². The van der Waals surface area contributed by atoms with E-state index in [9.17, 15) is 9.59 Å². The molecule has 168 valence electrons. The van der Waals surface area contributed by atoms with Gasteiger partial charge < -0.3 is 14.2 Å². The fourth-order valence-electron chi connectivity index (χ4n) is 4.19. The Bertz CT molecular complexity index is 1120. The molecule has 4 rings (SSSR count). The molecule has 6 nitrogen and oxygen atoms in total. The smallest absolute Gasteiger partial charge is 0.310 e. The van der Waals surface area contributed by atoms with Crippen LogP contribution in [0.15, 0.2) is 42.5 Å². The van der Waals surface area contributed by atoms with Crippen molar-refractivity contribution in [2.75, 3.05) is 19.7 Å². The van der Waals surface area contributed by atoms with Crippen LogP contribution in [0.1, 0.15) is 31.2 Å². The lowest BCUT2D eigenvalue weighted by molar-refractivity contribution is -0.151. The number of rotatable bonds is 6. The number of halogens is 2. The third-order valence-corrected chi connectivity index (χ3v) is 6.53. The highest BCUT2D eigenvalue weighted by molar-refractivity contribution is 6.36. The number of hydrogen-bond acceptors (Lipinski definition) is 4. The molecule has 0 bridgehead atoms. The van der Waals surface area contributed by atoms with Crippen molar-refractivity contribution in [3.05, 3.63) is 63.9 Å². The van der Waals surface area contributed by atoms with E-state index >= 15 is 0 Å². The van der Waals surface area contributed by atoms with Gasteiger partial charge in [-0.15, -0.1) is 0 Å². The zero-order valence-electron chi connectivity index (χ0n) is 17.9. The largest absolute Gasteiger partial charge is 0.466 e. The Morgan fingerprint density at radius 3 is 2.62 bits per heavy atom. The van der Waals surface area contributed by atoms with Crippen LogP contribution in [-0.4, -0.2) is 46.0 Å². The number of carbonyl (C=O) groups excluding carboxylic acids is 2. The number of amides is 1. The van der Waals surface area contributed by atoms with Gasteiger partial charge in [-0.3, -0.25) is 9.59 Å². The van der Waals surface area contributed by atoms with Crippen molar-refractivity contribution < 1.29 is 14.3 Å². The molecule has 2 aromatic carbocycles. The van der Waals surface area contributed by atoms with E-state index in [0.29, 0.717) is 42.0 Å². The molecule has 0 unspecified atom stereocenters. The van der Waals surface area contributed by atoms with Crippen LogP contribution in [-0.2, 0) is 27.3 Å². The zero-order chi connectivity index (χ0) is 22.7. The van der Waals surface area contributed by atoms with E-state index in [4.69, 9.17) is 32.9 Å². The number of nitrogens with zero attached hydrogens (tertiary/aromatic N) is 3.